The van der Waals surface area contributed by atoms with Crippen molar-refractivity contribution in [2.75, 3.05) is 5.32 Å². The van der Waals surface area contributed by atoms with Crippen LogP contribution in [0.2, 0.25) is 0 Å². The van der Waals surface area contributed by atoms with Gasteiger partial charge in [0.15, 0.2) is 0 Å². The van der Waals surface area contributed by atoms with Crippen molar-refractivity contribution < 1.29 is 4.79 Å². The predicted molar refractivity (Wildman–Crippen MR) is 102 cm³/mol. The van der Waals surface area contributed by atoms with Gasteiger partial charge < -0.3 is 10.6 Å². The van der Waals surface area contributed by atoms with Crippen molar-refractivity contribution in [1.29, 1.82) is 0 Å². The molecule has 0 bridgehead atoms. The van der Waals surface area contributed by atoms with E-state index in [-0.39, 0.29) is 12.1 Å². The third kappa shape index (κ3) is 2.84. The van der Waals surface area contributed by atoms with Crippen molar-refractivity contribution in [2.24, 2.45) is 11.3 Å². The third-order valence-electron chi connectivity index (χ3n) is 6.10. The molecule has 2 atom stereocenters. The summed E-state index contributed by atoms with van der Waals surface area (Å²) in [6.45, 7) is 7.03. The molecule has 0 unspecified atom stereocenters. The van der Waals surface area contributed by atoms with E-state index in [2.05, 4.69) is 36.4 Å². The lowest BCUT2D eigenvalue weighted by Crippen LogP contribution is -2.38. The molecule has 0 aromatic carbocycles. The van der Waals surface area contributed by atoms with Gasteiger partial charge in [-0.3, -0.25) is 9.78 Å². The summed E-state index contributed by atoms with van der Waals surface area (Å²) in [6.07, 6.45) is 7.84. The Labute approximate surface area is 153 Å². The topological polar surface area (TPSA) is 54.0 Å². The normalized spacial score (nSPS) is 22.6. The molecule has 0 saturated heterocycles. The second-order valence-corrected chi connectivity index (χ2v) is 8.93. The van der Waals surface area contributed by atoms with Crippen LogP contribution in [0.25, 0.3) is 0 Å². The fraction of sp³-hybridized carbons (Fsp3) is 0.500. The zero-order valence-electron chi connectivity index (χ0n) is 15.1. The van der Waals surface area contributed by atoms with E-state index in [1.807, 2.05) is 12.1 Å². The van der Waals surface area contributed by atoms with E-state index in [1.165, 1.54) is 23.3 Å². The van der Waals surface area contributed by atoms with Crippen LogP contribution in [0, 0.1) is 11.3 Å². The monoisotopic (exact) mass is 355 g/mol. The number of rotatable bonds is 3. The third-order valence-corrected chi connectivity index (χ3v) is 7.28. The fourth-order valence-electron chi connectivity index (χ4n) is 3.98. The van der Waals surface area contributed by atoms with Crippen LogP contribution < -0.4 is 10.6 Å². The van der Waals surface area contributed by atoms with Crippen molar-refractivity contribution in [2.45, 2.75) is 52.6 Å². The maximum atomic E-state index is 12.8. The Balaban J connectivity index is 1.64. The van der Waals surface area contributed by atoms with E-state index in [0.717, 1.165) is 29.0 Å². The molecule has 0 radical (unpaired) electrons. The molecule has 25 heavy (non-hydrogen) atoms. The largest absolute Gasteiger partial charge is 0.353 e. The minimum Gasteiger partial charge on any atom is -0.353 e. The molecule has 1 amide bonds. The predicted octanol–water partition coefficient (Wildman–Crippen LogP) is 4.54. The van der Waals surface area contributed by atoms with Gasteiger partial charge in [-0.05, 0) is 53.9 Å². The second-order valence-electron chi connectivity index (χ2n) is 7.82. The number of hydrogen-bond donors (Lipinski definition) is 2. The molecular formula is C20H25N3OS. The number of hydrogen-bond acceptors (Lipinski definition) is 4. The molecule has 2 aromatic rings. The van der Waals surface area contributed by atoms with Crippen LogP contribution in [-0.2, 0) is 12.8 Å². The minimum atomic E-state index is -0.175. The number of fused-ring (bicyclic) bond motifs is 3. The summed E-state index contributed by atoms with van der Waals surface area (Å²) in [6, 6.07) is 3.88. The lowest BCUT2D eigenvalue weighted by molar-refractivity contribution is 0.0934. The van der Waals surface area contributed by atoms with Gasteiger partial charge >= 0.3 is 0 Å². The lowest BCUT2D eigenvalue weighted by atomic mass is 9.69. The Kier molecular flexibility index (Phi) is 4.07. The SMILES string of the molecule is CCC(C)(C)[C@H]1CCc2c(sc3c2C(=O)N[C@H](c2ccncc2)N3)C1. The average Bonchev–Trinajstić information content (AvgIpc) is 3.00. The van der Waals surface area contributed by atoms with Crippen LogP contribution in [-0.4, -0.2) is 10.9 Å². The Morgan fingerprint density at radius 2 is 2.04 bits per heavy atom. The number of nitrogens with one attached hydrogen (secondary N) is 2. The van der Waals surface area contributed by atoms with Crippen molar-refractivity contribution in [1.82, 2.24) is 10.3 Å². The summed E-state index contributed by atoms with van der Waals surface area (Å²) in [5.74, 6) is 0.755. The van der Waals surface area contributed by atoms with Crippen molar-refractivity contribution >= 4 is 22.2 Å². The van der Waals surface area contributed by atoms with E-state index >= 15 is 0 Å². The van der Waals surface area contributed by atoms with E-state index in [9.17, 15) is 4.79 Å². The standard InChI is InChI=1S/C20H25N3OS/c1-4-20(2,3)13-5-6-14-15(11-13)25-19-16(14)18(24)22-17(23-19)12-7-9-21-10-8-12/h7-10,13,17,23H,4-6,11H2,1-3H3,(H,22,24)/t13-,17-/m0/s1. The fourth-order valence-corrected chi connectivity index (χ4v) is 5.33. The van der Waals surface area contributed by atoms with Crippen molar-refractivity contribution in [3.63, 3.8) is 0 Å². The molecule has 3 heterocycles. The molecule has 5 heteroatoms. The molecule has 4 nitrogen and oxygen atoms in total. The number of thiophene rings is 1. The molecule has 0 saturated carbocycles. The van der Waals surface area contributed by atoms with Crippen LogP contribution in [0.3, 0.4) is 0 Å². The number of pyridine rings is 1. The Hall–Kier alpha value is -1.88. The van der Waals surface area contributed by atoms with Gasteiger partial charge in [-0.15, -0.1) is 11.3 Å². The number of amides is 1. The molecule has 1 aliphatic heterocycles. The summed E-state index contributed by atoms with van der Waals surface area (Å²) in [4.78, 5) is 18.2. The van der Waals surface area contributed by atoms with Crippen LogP contribution in [0.4, 0.5) is 5.00 Å². The van der Waals surface area contributed by atoms with Gasteiger partial charge in [-0.25, -0.2) is 0 Å². The van der Waals surface area contributed by atoms with Gasteiger partial charge in [0, 0.05) is 17.3 Å². The first-order valence-electron chi connectivity index (χ1n) is 9.11. The first-order chi connectivity index (χ1) is 12.0. The molecule has 2 aromatic heterocycles. The van der Waals surface area contributed by atoms with Crippen LogP contribution in [0.5, 0.6) is 0 Å². The summed E-state index contributed by atoms with van der Waals surface area (Å²) in [5.41, 5.74) is 3.56. The minimum absolute atomic E-state index is 0.0567. The quantitative estimate of drug-likeness (QED) is 0.850. The molecule has 4 rings (SSSR count). The van der Waals surface area contributed by atoms with Crippen LogP contribution in [0.1, 0.15) is 66.1 Å². The summed E-state index contributed by atoms with van der Waals surface area (Å²) in [7, 11) is 0. The average molecular weight is 356 g/mol. The smallest absolute Gasteiger partial charge is 0.256 e. The molecule has 0 spiro atoms. The van der Waals surface area contributed by atoms with Gasteiger partial charge in [0.1, 0.15) is 11.2 Å². The van der Waals surface area contributed by atoms with Crippen LogP contribution >= 0.6 is 11.3 Å². The van der Waals surface area contributed by atoms with Crippen LogP contribution in [0.15, 0.2) is 24.5 Å². The second kappa shape index (κ2) is 6.13. The number of carbonyl (C=O) groups excluding carboxylic acids is 1. The van der Waals surface area contributed by atoms with E-state index < -0.39 is 0 Å². The van der Waals surface area contributed by atoms with Gasteiger partial charge in [-0.1, -0.05) is 27.2 Å². The zero-order chi connectivity index (χ0) is 17.6. The highest BCUT2D eigenvalue weighted by Gasteiger charge is 2.37. The van der Waals surface area contributed by atoms with Crippen molar-refractivity contribution in [3.8, 4) is 0 Å². The molecular weight excluding hydrogens is 330 g/mol. The number of aromatic nitrogens is 1. The first kappa shape index (κ1) is 16.6. The summed E-state index contributed by atoms with van der Waals surface area (Å²) in [5, 5.41) is 7.67. The summed E-state index contributed by atoms with van der Waals surface area (Å²) >= 11 is 1.78. The Morgan fingerprint density at radius 3 is 2.76 bits per heavy atom. The maximum Gasteiger partial charge on any atom is 0.256 e. The molecule has 0 fully saturated rings. The molecule has 1 aliphatic carbocycles. The van der Waals surface area contributed by atoms with E-state index in [1.54, 1.807) is 23.7 Å². The van der Waals surface area contributed by atoms with E-state index in [4.69, 9.17) is 0 Å². The molecule has 2 N–H and O–H groups in total. The van der Waals surface area contributed by atoms with Gasteiger partial charge in [0.2, 0.25) is 0 Å². The molecule has 2 aliphatic rings. The molecule has 132 valence electrons. The van der Waals surface area contributed by atoms with Crippen molar-refractivity contribution in [3.05, 3.63) is 46.1 Å². The van der Waals surface area contributed by atoms with Gasteiger partial charge in [-0.2, -0.15) is 0 Å². The zero-order valence-corrected chi connectivity index (χ0v) is 15.9. The number of nitrogens with zero attached hydrogens (tertiary/aromatic N) is 1. The van der Waals surface area contributed by atoms with Gasteiger partial charge in [0.25, 0.3) is 5.91 Å². The highest BCUT2D eigenvalue weighted by Crippen LogP contribution is 2.46. The lowest BCUT2D eigenvalue weighted by Gasteiger charge is -2.36. The first-order valence-corrected chi connectivity index (χ1v) is 9.93. The van der Waals surface area contributed by atoms with Gasteiger partial charge in [0.05, 0.1) is 5.56 Å². The Morgan fingerprint density at radius 1 is 1.28 bits per heavy atom. The number of carbonyl (C=O) groups is 1. The maximum absolute atomic E-state index is 12.8. The summed E-state index contributed by atoms with van der Waals surface area (Å²) < 4.78 is 0. The highest BCUT2D eigenvalue weighted by molar-refractivity contribution is 7.16. The van der Waals surface area contributed by atoms with E-state index in [0.29, 0.717) is 11.3 Å². The Bertz CT molecular complexity index is 797. The number of anilines is 1. The highest BCUT2D eigenvalue weighted by atomic mass is 32.1.